The molecule has 6 heteroatoms. The van der Waals surface area contributed by atoms with Gasteiger partial charge in [0.2, 0.25) is 5.95 Å². The molecule has 6 nitrogen and oxygen atoms in total. The minimum absolute atomic E-state index is 0.419. The molecular formula is C17H26N4O2. The lowest BCUT2D eigenvalue weighted by Gasteiger charge is -2.23. The van der Waals surface area contributed by atoms with Crippen LogP contribution in [0.2, 0.25) is 0 Å². The molecule has 0 bridgehead atoms. The molecule has 23 heavy (non-hydrogen) atoms. The van der Waals surface area contributed by atoms with Crippen molar-refractivity contribution < 1.29 is 9.47 Å². The summed E-state index contributed by atoms with van der Waals surface area (Å²) < 4.78 is 11.2. The number of nitrogens with zero attached hydrogens (tertiary/aromatic N) is 3. The van der Waals surface area contributed by atoms with Gasteiger partial charge < -0.3 is 14.8 Å². The molecule has 4 rings (SSSR count). The monoisotopic (exact) mass is 318 g/mol. The van der Waals surface area contributed by atoms with E-state index in [2.05, 4.69) is 20.2 Å². The summed E-state index contributed by atoms with van der Waals surface area (Å²) >= 11 is 0. The van der Waals surface area contributed by atoms with E-state index in [1.807, 2.05) is 0 Å². The van der Waals surface area contributed by atoms with Crippen LogP contribution >= 0.6 is 0 Å². The zero-order chi connectivity index (χ0) is 15.5. The van der Waals surface area contributed by atoms with Crippen LogP contribution in [-0.2, 0) is 4.74 Å². The first-order valence-electron chi connectivity index (χ1n) is 8.90. The largest absolute Gasteiger partial charge is 0.490 e. The number of hydrogen-bond donors (Lipinski definition) is 1. The molecule has 3 aliphatic rings. The summed E-state index contributed by atoms with van der Waals surface area (Å²) in [5.74, 6) is 2.10. The average Bonchev–Trinajstić information content (AvgIpc) is 3.34. The van der Waals surface area contributed by atoms with Gasteiger partial charge in [-0.3, -0.25) is 4.90 Å². The summed E-state index contributed by atoms with van der Waals surface area (Å²) in [6.45, 7) is 4.84. The molecule has 1 aromatic heterocycles. The van der Waals surface area contributed by atoms with Gasteiger partial charge in [-0.2, -0.15) is 0 Å². The van der Waals surface area contributed by atoms with Crippen LogP contribution in [0.4, 0.5) is 5.95 Å². The summed E-state index contributed by atoms with van der Waals surface area (Å²) in [5, 5.41) is 3.37. The molecule has 1 N–H and O–H groups in total. The van der Waals surface area contributed by atoms with E-state index in [9.17, 15) is 0 Å². The Kier molecular flexibility index (Phi) is 4.62. The average molecular weight is 318 g/mol. The Morgan fingerprint density at radius 1 is 1.13 bits per heavy atom. The van der Waals surface area contributed by atoms with Crippen molar-refractivity contribution in [1.82, 2.24) is 14.9 Å². The molecule has 3 fully saturated rings. The van der Waals surface area contributed by atoms with E-state index in [0.29, 0.717) is 17.9 Å². The molecule has 3 heterocycles. The Morgan fingerprint density at radius 3 is 2.65 bits per heavy atom. The maximum absolute atomic E-state index is 5.88. The number of hydrogen-bond acceptors (Lipinski definition) is 6. The number of likely N-dealkylation sites (tertiary alicyclic amines) is 1. The smallest absolute Gasteiger partial charge is 0.223 e. The maximum atomic E-state index is 5.88. The fraction of sp³-hybridized carbons (Fsp3) is 0.765. The zero-order valence-electron chi connectivity index (χ0n) is 13.6. The van der Waals surface area contributed by atoms with Gasteiger partial charge >= 0.3 is 0 Å². The minimum atomic E-state index is 0.419. The molecule has 0 radical (unpaired) electrons. The van der Waals surface area contributed by atoms with Gasteiger partial charge in [-0.25, -0.2) is 9.97 Å². The molecule has 1 aliphatic carbocycles. The second-order valence-corrected chi connectivity index (χ2v) is 6.97. The Hall–Kier alpha value is -1.40. The molecule has 1 saturated carbocycles. The highest BCUT2D eigenvalue weighted by Gasteiger charge is 2.34. The van der Waals surface area contributed by atoms with Crippen LogP contribution in [0.25, 0.3) is 0 Å². The molecule has 0 spiro atoms. The van der Waals surface area contributed by atoms with Crippen LogP contribution in [0, 0.1) is 5.92 Å². The van der Waals surface area contributed by atoms with Gasteiger partial charge in [0.05, 0.1) is 19.0 Å². The molecule has 1 aromatic rings. The van der Waals surface area contributed by atoms with Crippen molar-refractivity contribution in [3.63, 3.8) is 0 Å². The fourth-order valence-corrected chi connectivity index (χ4v) is 3.47. The molecule has 0 amide bonds. The number of aromatic nitrogens is 2. The third kappa shape index (κ3) is 4.12. The third-order valence-electron chi connectivity index (χ3n) is 5.05. The minimum Gasteiger partial charge on any atom is -0.490 e. The standard InChI is InChI=1S/C17H26N4O2/c1-2-15(1)21-6-3-13(11-21)12-23-16-9-18-17(19-10-16)20-14-4-7-22-8-5-14/h9-10,13-15H,1-8,11-12H2,(H,18,19,20). The first-order chi connectivity index (χ1) is 11.4. The molecule has 1 unspecified atom stereocenters. The third-order valence-corrected chi connectivity index (χ3v) is 5.05. The normalized spacial score (nSPS) is 26.3. The Balaban J connectivity index is 1.22. The molecule has 2 saturated heterocycles. The molecule has 2 aliphatic heterocycles. The van der Waals surface area contributed by atoms with Gasteiger partial charge in [0.15, 0.2) is 5.75 Å². The van der Waals surface area contributed by atoms with Crippen LogP contribution in [0.1, 0.15) is 32.1 Å². The van der Waals surface area contributed by atoms with E-state index < -0.39 is 0 Å². The Morgan fingerprint density at radius 2 is 1.91 bits per heavy atom. The highest BCUT2D eigenvalue weighted by Crippen LogP contribution is 2.31. The predicted molar refractivity (Wildman–Crippen MR) is 87.7 cm³/mol. The van der Waals surface area contributed by atoms with Crippen LogP contribution in [0.5, 0.6) is 5.75 Å². The van der Waals surface area contributed by atoms with Gasteiger partial charge in [-0.15, -0.1) is 0 Å². The lowest BCUT2D eigenvalue weighted by Crippen LogP contribution is -2.28. The first-order valence-corrected chi connectivity index (χ1v) is 8.90. The van der Waals surface area contributed by atoms with E-state index in [1.54, 1.807) is 12.4 Å². The van der Waals surface area contributed by atoms with Crippen LogP contribution in [-0.4, -0.2) is 59.9 Å². The van der Waals surface area contributed by atoms with Gasteiger partial charge in [0.1, 0.15) is 0 Å². The van der Waals surface area contributed by atoms with Crippen LogP contribution in [0.3, 0.4) is 0 Å². The van der Waals surface area contributed by atoms with Gasteiger partial charge in [0, 0.05) is 37.8 Å². The summed E-state index contributed by atoms with van der Waals surface area (Å²) in [4.78, 5) is 11.4. The lowest BCUT2D eigenvalue weighted by atomic mass is 10.1. The van der Waals surface area contributed by atoms with E-state index in [1.165, 1.54) is 32.4 Å². The van der Waals surface area contributed by atoms with Gasteiger partial charge in [-0.05, 0) is 38.6 Å². The van der Waals surface area contributed by atoms with Crippen molar-refractivity contribution in [2.75, 3.05) is 38.2 Å². The highest BCUT2D eigenvalue weighted by molar-refractivity contribution is 5.28. The Labute approximate surface area is 137 Å². The molecule has 0 aromatic carbocycles. The van der Waals surface area contributed by atoms with E-state index in [-0.39, 0.29) is 0 Å². The first kappa shape index (κ1) is 15.1. The van der Waals surface area contributed by atoms with Crippen LogP contribution in [0.15, 0.2) is 12.4 Å². The summed E-state index contributed by atoms with van der Waals surface area (Å²) in [5.41, 5.74) is 0. The second-order valence-electron chi connectivity index (χ2n) is 6.97. The van der Waals surface area contributed by atoms with Gasteiger partial charge in [0.25, 0.3) is 0 Å². The number of nitrogens with one attached hydrogen (secondary N) is 1. The fourth-order valence-electron chi connectivity index (χ4n) is 3.47. The SMILES string of the molecule is c1nc(NC2CCOCC2)ncc1OCC1CCN(C2CC2)C1. The molecule has 1 atom stereocenters. The topological polar surface area (TPSA) is 59.5 Å². The quantitative estimate of drug-likeness (QED) is 0.865. The van der Waals surface area contributed by atoms with Crippen molar-refractivity contribution >= 4 is 5.95 Å². The predicted octanol–water partition coefficient (Wildman–Crippen LogP) is 1.93. The van der Waals surface area contributed by atoms with E-state index in [0.717, 1.165) is 44.5 Å². The van der Waals surface area contributed by atoms with Gasteiger partial charge in [-0.1, -0.05) is 0 Å². The summed E-state index contributed by atoms with van der Waals surface area (Å²) in [6, 6.07) is 1.29. The van der Waals surface area contributed by atoms with Crippen molar-refractivity contribution in [2.24, 2.45) is 5.92 Å². The van der Waals surface area contributed by atoms with Crippen LogP contribution < -0.4 is 10.1 Å². The maximum Gasteiger partial charge on any atom is 0.223 e. The lowest BCUT2D eigenvalue weighted by molar-refractivity contribution is 0.0903. The number of ether oxygens (including phenoxy) is 2. The van der Waals surface area contributed by atoms with Crippen molar-refractivity contribution in [2.45, 2.75) is 44.2 Å². The summed E-state index contributed by atoms with van der Waals surface area (Å²) in [7, 11) is 0. The Bertz CT molecular complexity index is 500. The number of rotatable bonds is 6. The van der Waals surface area contributed by atoms with E-state index in [4.69, 9.17) is 9.47 Å². The molecule has 126 valence electrons. The van der Waals surface area contributed by atoms with Crippen molar-refractivity contribution in [3.8, 4) is 5.75 Å². The number of anilines is 1. The van der Waals surface area contributed by atoms with E-state index >= 15 is 0 Å². The second kappa shape index (κ2) is 7.01. The zero-order valence-corrected chi connectivity index (χ0v) is 13.6. The van der Waals surface area contributed by atoms with Crippen molar-refractivity contribution in [3.05, 3.63) is 12.4 Å². The highest BCUT2D eigenvalue weighted by atomic mass is 16.5. The summed E-state index contributed by atoms with van der Waals surface area (Å²) in [6.07, 6.45) is 9.62. The van der Waals surface area contributed by atoms with Crippen molar-refractivity contribution in [1.29, 1.82) is 0 Å². The molecular weight excluding hydrogens is 292 g/mol.